The third-order valence-corrected chi connectivity index (χ3v) is 2.56. The number of nitrogens with two attached hydrogens (primary N) is 1. The number of hydrogen-bond donors (Lipinski definition) is 2. The Morgan fingerprint density at radius 1 is 1.29 bits per heavy atom. The summed E-state index contributed by atoms with van der Waals surface area (Å²) in [6.07, 6.45) is 2.18. The highest BCUT2D eigenvalue weighted by atomic mass is 15.2. The molecular formula is C13H22N4. The van der Waals surface area contributed by atoms with E-state index in [9.17, 15) is 0 Å². The first-order chi connectivity index (χ1) is 8.08. The molecule has 0 radical (unpaired) electrons. The quantitative estimate of drug-likeness (QED) is 0.586. The summed E-state index contributed by atoms with van der Waals surface area (Å²) >= 11 is 0. The summed E-state index contributed by atoms with van der Waals surface area (Å²) in [5, 5.41) is 7.51. The van der Waals surface area contributed by atoms with Gasteiger partial charge in [-0.25, -0.2) is 4.98 Å². The van der Waals surface area contributed by atoms with Gasteiger partial charge in [-0.05, 0) is 31.9 Å². The monoisotopic (exact) mass is 234 g/mol. The van der Waals surface area contributed by atoms with Gasteiger partial charge in [0.05, 0.1) is 0 Å². The number of anilines is 1. The summed E-state index contributed by atoms with van der Waals surface area (Å²) in [5.41, 5.74) is 7.20. The van der Waals surface area contributed by atoms with Crippen molar-refractivity contribution in [2.24, 2.45) is 5.73 Å². The number of pyridine rings is 1. The van der Waals surface area contributed by atoms with E-state index < -0.39 is 0 Å². The average Bonchev–Trinajstić information content (AvgIpc) is 2.28. The van der Waals surface area contributed by atoms with E-state index in [4.69, 9.17) is 11.1 Å². The number of nitrogen functional groups attached to an aromatic ring is 1. The summed E-state index contributed by atoms with van der Waals surface area (Å²) in [4.78, 5) is 6.78. The van der Waals surface area contributed by atoms with Gasteiger partial charge in [0, 0.05) is 24.3 Å². The number of hydrogen-bond acceptors (Lipinski definition) is 3. The Labute approximate surface area is 103 Å². The van der Waals surface area contributed by atoms with Crippen LogP contribution in [-0.2, 0) is 0 Å². The van der Waals surface area contributed by atoms with Crippen LogP contribution in [0.5, 0.6) is 0 Å². The highest BCUT2D eigenvalue weighted by Crippen LogP contribution is 2.15. The highest BCUT2D eigenvalue weighted by Gasteiger charge is 2.09. The summed E-state index contributed by atoms with van der Waals surface area (Å²) in [7, 11) is 0. The van der Waals surface area contributed by atoms with Crippen molar-refractivity contribution in [1.29, 1.82) is 5.41 Å². The van der Waals surface area contributed by atoms with Crippen LogP contribution in [0.25, 0.3) is 0 Å². The van der Waals surface area contributed by atoms with Crippen LogP contribution in [0.4, 0.5) is 5.82 Å². The van der Waals surface area contributed by atoms with E-state index in [2.05, 4.69) is 23.7 Å². The molecule has 94 valence electrons. The van der Waals surface area contributed by atoms with Crippen molar-refractivity contribution in [3.8, 4) is 0 Å². The molecule has 1 heterocycles. The van der Waals surface area contributed by atoms with E-state index >= 15 is 0 Å². The van der Waals surface area contributed by atoms with Crippen molar-refractivity contribution in [1.82, 2.24) is 4.98 Å². The van der Waals surface area contributed by atoms with Crippen molar-refractivity contribution in [2.45, 2.75) is 33.6 Å². The predicted molar refractivity (Wildman–Crippen MR) is 72.8 cm³/mol. The Morgan fingerprint density at radius 2 is 1.88 bits per heavy atom. The molecule has 4 heteroatoms. The molecule has 0 spiro atoms. The first-order valence-electron chi connectivity index (χ1n) is 6.16. The van der Waals surface area contributed by atoms with Crippen LogP contribution in [-0.4, -0.2) is 23.9 Å². The van der Waals surface area contributed by atoms with Crippen LogP contribution in [0, 0.1) is 12.3 Å². The second-order valence-electron chi connectivity index (χ2n) is 4.26. The van der Waals surface area contributed by atoms with Gasteiger partial charge in [-0.1, -0.05) is 13.8 Å². The smallest absolute Gasteiger partial charge is 0.129 e. The summed E-state index contributed by atoms with van der Waals surface area (Å²) in [5.74, 6) is 1.03. The van der Waals surface area contributed by atoms with Crippen molar-refractivity contribution in [3.05, 3.63) is 23.4 Å². The first-order valence-corrected chi connectivity index (χ1v) is 6.16. The molecule has 4 nitrogen and oxygen atoms in total. The molecule has 0 aliphatic heterocycles. The normalized spacial score (nSPS) is 10.3. The zero-order valence-corrected chi connectivity index (χ0v) is 11.0. The highest BCUT2D eigenvalue weighted by molar-refractivity contribution is 5.95. The van der Waals surface area contributed by atoms with Crippen molar-refractivity contribution < 1.29 is 0 Å². The van der Waals surface area contributed by atoms with Crippen molar-refractivity contribution in [2.75, 3.05) is 18.0 Å². The fraction of sp³-hybridized carbons (Fsp3) is 0.538. The van der Waals surface area contributed by atoms with E-state index in [1.54, 1.807) is 0 Å². The number of rotatable bonds is 6. The number of amidine groups is 1. The van der Waals surface area contributed by atoms with Gasteiger partial charge in [0.25, 0.3) is 0 Å². The van der Waals surface area contributed by atoms with Gasteiger partial charge in [0.1, 0.15) is 11.7 Å². The summed E-state index contributed by atoms with van der Waals surface area (Å²) < 4.78 is 0. The lowest BCUT2D eigenvalue weighted by molar-refractivity contribution is 0.733. The molecule has 0 bridgehead atoms. The Hall–Kier alpha value is -1.58. The minimum Gasteiger partial charge on any atom is -0.384 e. The molecule has 0 aliphatic rings. The fourth-order valence-corrected chi connectivity index (χ4v) is 1.85. The third kappa shape index (κ3) is 3.73. The number of nitrogens with zero attached hydrogens (tertiary/aromatic N) is 2. The summed E-state index contributed by atoms with van der Waals surface area (Å²) in [6, 6.07) is 3.75. The van der Waals surface area contributed by atoms with Crippen LogP contribution >= 0.6 is 0 Å². The molecule has 0 amide bonds. The molecule has 0 fully saturated rings. The van der Waals surface area contributed by atoms with Crippen LogP contribution in [0.2, 0.25) is 0 Å². The van der Waals surface area contributed by atoms with Crippen molar-refractivity contribution in [3.63, 3.8) is 0 Å². The fourth-order valence-electron chi connectivity index (χ4n) is 1.85. The standard InChI is InChI=1S/C13H22N4/c1-4-6-17(7-5-2)12-9-11(13(14)15)8-10(3)16-12/h8-9H,4-7H2,1-3H3,(H3,14,15). The maximum atomic E-state index is 7.51. The Morgan fingerprint density at radius 3 is 2.35 bits per heavy atom. The third-order valence-electron chi connectivity index (χ3n) is 2.56. The lowest BCUT2D eigenvalue weighted by Crippen LogP contribution is -2.26. The summed E-state index contributed by atoms with van der Waals surface area (Å²) in [6.45, 7) is 8.23. The molecule has 0 aliphatic carbocycles. The van der Waals surface area contributed by atoms with Crippen LogP contribution in [0.3, 0.4) is 0 Å². The minimum atomic E-state index is 0.102. The van der Waals surface area contributed by atoms with E-state index in [-0.39, 0.29) is 5.84 Å². The van der Waals surface area contributed by atoms with Crippen LogP contribution < -0.4 is 10.6 Å². The van der Waals surface area contributed by atoms with E-state index in [1.165, 1.54) is 0 Å². The number of aromatic nitrogens is 1. The molecule has 0 unspecified atom stereocenters. The maximum Gasteiger partial charge on any atom is 0.129 e. The SMILES string of the molecule is CCCN(CCC)c1cc(C(=N)N)cc(C)n1. The molecule has 17 heavy (non-hydrogen) atoms. The van der Waals surface area contributed by atoms with Gasteiger partial charge in [0.15, 0.2) is 0 Å². The largest absolute Gasteiger partial charge is 0.384 e. The Kier molecular flexibility index (Phi) is 4.94. The van der Waals surface area contributed by atoms with Crippen molar-refractivity contribution >= 4 is 11.7 Å². The molecule has 0 saturated heterocycles. The lowest BCUT2D eigenvalue weighted by Gasteiger charge is -2.23. The molecule has 0 saturated carbocycles. The van der Waals surface area contributed by atoms with Gasteiger partial charge >= 0.3 is 0 Å². The topological polar surface area (TPSA) is 66.0 Å². The molecule has 3 N–H and O–H groups in total. The molecule has 0 atom stereocenters. The number of aryl methyl sites for hydroxylation is 1. The molecule has 0 aromatic carbocycles. The maximum absolute atomic E-state index is 7.51. The van der Waals surface area contributed by atoms with Crippen LogP contribution in [0.15, 0.2) is 12.1 Å². The molecule has 1 aromatic heterocycles. The Balaban J connectivity index is 3.04. The molecule has 1 aromatic rings. The van der Waals surface area contributed by atoms with Gasteiger partial charge in [-0.15, -0.1) is 0 Å². The minimum absolute atomic E-state index is 0.102. The van der Waals surface area contributed by atoms with E-state index in [1.807, 2.05) is 19.1 Å². The van der Waals surface area contributed by atoms with Gasteiger partial charge < -0.3 is 10.6 Å². The zero-order chi connectivity index (χ0) is 12.8. The lowest BCUT2D eigenvalue weighted by atomic mass is 10.2. The van der Waals surface area contributed by atoms with Gasteiger partial charge in [-0.2, -0.15) is 0 Å². The second kappa shape index (κ2) is 6.23. The Bertz CT molecular complexity index is 381. The first kappa shape index (κ1) is 13.5. The predicted octanol–water partition coefficient (Wildman–Crippen LogP) is 2.30. The van der Waals surface area contributed by atoms with Crippen LogP contribution in [0.1, 0.15) is 37.9 Å². The number of nitrogens with one attached hydrogen (secondary N) is 1. The molecule has 1 rings (SSSR count). The van der Waals surface area contributed by atoms with Gasteiger partial charge in [-0.3, -0.25) is 5.41 Å². The van der Waals surface area contributed by atoms with E-state index in [0.717, 1.165) is 43.0 Å². The zero-order valence-electron chi connectivity index (χ0n) is 11.0. The van der Waals surface area contributed by atoms with Gasteiger partial charge in [0.2, 0.25) is 0 Å². The average molecular weight is 234 g/mol. The molecular weight excluding hydrogens is 212 g/mol. The van der Waals surface area contributed by atoms with E-state index in [0.29, 0.717) is 0 Å². The second-order valence-corrected chi connectivity index (χ2v) is 4.26.